The molecule has 0 bridgehead atoms. The van der Waals surface area contributed by atoms with Gasteiger partial charge in [-0.3, -0.25) is 4.79 Å². The molecule has 1 aliphatic rings. The summed E-state index contributed by atoms with van der Waals surface area (Å²) >= 11 is 12.0. The molecule has 1 heterocycles. The van der Waals surface area contributed by atoms with Crippen LogP contribution in [0.4, 0.5) is 0 Å². The van der Waals surface area contributed by atoms with Gasteiger partial charge in [-0.15, -0.1) is 0 Å². The number of ether oxygens (including phenoxy) is 3. The summed E-state index contributed by atoms with van der Waals surface area (Å²) < 4.78 is 16.2. The van der Waals surface area contributed by atoms with E-state index < -0.39 is 5.97 Å². The summed E-state index contributed by atoms with van der Waals surface area (Å²) in [7, 11) is 1.34. The number of hydrogen-bond acceptors (Lipinski definition) is 5. The molecule has 7 heteroatoms. The number of benzene rings is 3. The Labute approximate surface area is 188 Å². The van der Waals surface area contributed by atoms with Crippen LogP contribution < -0.4 is 9.47 Å². The SMILES string of the molecule is COC(=O)c1ccc(COc2ccc3c(c2)OC(=Cc2ccc(Cl)c(Cl)c2)C3=O)cc1. The highest BCUT2D eigenvalue weighted by Gasteiger charge is 2.27. The molecule has 0 N–H and O–H groups in total. The second-order valence-electron chi connectivity index (χ2n) is 6.75. The summed E-state index contributed by atoms with van der Waals surface area (Å²) in [4.78, 5) is 24.1. The third-order valence-corrected chi connectivity index (χ3v) is 5.40. The lowest BCUT2D eigenvalue weighted by Gasteiger charge is -2.08. The van der Waals surface area contributed by atoms with E-state index in [0.29, 0.717) is 44.8 Å². The summed E-state index contributed by atoms with van der Waals surface area (Å²) in [6.07, 6.45) is 1.62. The van der Waals surface area contributed by atoms with Crippen molar-refractivity contribution in [2.45, 2.75) is 6.61 Å². The third-order valence-electron chi connectivity index (χ3n) is 4.66. The summed E-state index contributed by atoms with van der Waals surface area (Å²) in [5.74, 6) is 0.571. The largest absolute Gasteiger partial charge is 0.489 e. The van der Waals surface area contributed by atoms with Crippen LogP contribution >= 0.6 is 23.2 Å². The molecule has 1 aliphatic heterocycles. The van der Waals surface area contributed by atoms with Crippen LogP contribution in [0.2, 0.25) is 10.0 Å². The van der Waals surface area contributed by atoms with E-state index in [0.717, 1.165) is 5.56 Å². The predicted molar refractivity (Wildman–Crippen MR) is 118 cm³/mol. The maximum Gasteiger partial charge on any atom is 0.337 e. The Hall–Kier alpha value is -3.28. The standard InChI is InChI=1S/C24H16Cl2O5/c1-29-24(28)16-5-2-14(3-6-16)13-30-17-7-8-18-21(12-17)31-22(23(18)27)11-15-4-9-19(25)20(26)10-15/h2-12H,13H2,1H3. The van der Waals surface area contributed by atoms with Gasteiger partial charge in [-0.25, -0.2) is 4.79 Å². The maximum absolute atomic E-state index is 12.6. The highest BCUT2D eigenvalue weighted by Crippen LogP contribution is 2.35. The molecule has 0 aliphatic carbocycles. The normalized spacial score (nSPS) is 13.6. The van der Waals surface area contributed by atoms with Gasteiger partial charge in [0.25, 0.3) is 0 Å². The summed E-state index contributed by atoms with van der Waals surface area (Å²) in [6.45, 7) is 0.292. The first-order chi connectivity index (χ1) is 14.9. The van der Waals surface area contributed by atoms with Crippen LogP contribution in [0.5, 0.6) is 11.5 Å². The van der Waals surface area contributed by atoms with Gasteiger partial charge in [0.2, 0.25) is 5.78 Å². The molecular weight excluding hydrogens is 439 g/mol. The van der Waals surface area contributed by atoms with Crippen molar-refractivity contribution in [2.24, 2.45) is 0 Å². The molecule has 4 rings (SSSR count). The Morgan fingerprint density at radius 1 is 1.00 bits per heavy atom. The fourth-order valence-corrected chi connectivity index (χ4v) is 3.34. The second kappa shape index (κ2) is 8.84. The van der Waals surface area contributed by atoms with E-state index in [4.69, 9.17) is 32.7 Å². The van der Waals surface area contributed by atoms with Gasteiger partial charge in [-0.2, -0.15) is 0 Å². The Balaban J connectivity index is 1.46. The van der Waals surface area contributed by atoms with E-state index in [1.54, 1.807) is 66.7 Å². The monoisotopic (exact) mass is 454 g/mol. The first-order valence-corrected chi connectivity index (χ1v) is 10.0. The van der Waals surface area contributed by atoms with E-state index in [1.165, 1.54) is 7.11 Å². The molecule has 0 amide bonds. The van der Waals surface area contributed by atoms with Crippen molar-refractivity contribution in [1.82, 2.24) is 0 Å². The van der Waals surface area contributed by atoms with Crippen molar-refractivity contribution in [3.05, 3.63) is 98.7 Å². The highest BCUT2D eigenvalue weighted by molar-refractivity contribution is 6.42. The van der Waals surface area contributed by atoms with E-state index >= 15 is 0 Å². The number of ketones is 1. The van der Waals surface area contributed by atoms with Crippen LogP contribution in [0, 0.1) is 0 Å². The average Bonchev–Trinajstić information content (AvgIpc) is 3.09. The number of hydrogen-bond donors (Lipinski definition) is 0. The van der Waals surface area contributed by atoms with Gasteiger partial charge in [-0.1, -0.05) is 41.4 Å². The number of carbonyl (C=O) groups excluding carboxylic acids is 2. The van der Waals surface area contributed by atoms with Gasteiger partial charge in [0, 0.05) is 6.07 Å². The molecule has 0 unspecified atom stereocenters. The number of halogens is 2. The first kappa shape index (κ1) is 21.0. The van der Waals surface area contributed by atoms with Crippen LogP contribution in [0.15, 0.2) is 66.4 Å². The van der Waals surface area contributed by atoms with Crippen LogP contribution in [0.3, 0.4) is 0 Å². The topological polar surface area (TPSA) is 61.8 Å². The molecule has 5 nitrogen and oxygen atoms in total. The molecule has 3 aromatic carbocycles. The summed E-state index contributed by atoms with van der Waals surface area (Å²) in [5.41, 5.74) is 2.51. The lowest BCUT2D eigenvalue weighted by molar-refractivity contribution is 0.0600. The molecule has 0 saturated heterocycles. The zero-order chi connectivity index (χ0) is 22.0. The Morgan fingerprint density at radius 2 is 1.77 bits per heavy atom. The average molecular weight is 455 g/mol. The van der Waals surface area contributed by atoms with Crippen LogP contribution in [-0.2, 0) is 11.3 Å². The Bertz CT molecular complexity index is 1200. The van der Waals surface area contributed by atoms with Gasteiger partial charge >= 0.3 is 5.97 Å². The molecular formula is C24H16Cl2O5. The Kier molecular flexibility index (Phi) is 5.98. The number of carbonyl (C=O) groups is 2. The molecule has 0 saturated carbocycles. The summed E-state index contributed by atoms with van der Waals surface area (Å²) in [5, 5.41) is 0.835. The number of esters is 1. The van der Waals surface area contributed by atoms with Gasteiger partial charge in [0.1, 0.15) is 18.1 Å². The van der Waals surface area contributed by atoms with Gasteiger partial charge in [0.05, 0.1) is 28.3 Å². The van der Waals surface area contributed by atoms with Crippen molar-refractivity contribution in [1.29, 1.82) is 0 Å². The predicted octanol–water partition coefficient (Wildman–Crippen LogP) is 5.98. The molecule has 0 radical (unpaired) electrons. The van der Waals surface area contributed by atoms with Gasteiger partial charge in [-0.05, 0) is 53.6 Å². The molecule has 0 spiro atoms. The van der Waals surface area contributed by atoms with Crippen LogP contribution in [-0.4, -0.2) is 18.9 Å². The van der Waals surface area contributed by atoms with Crippen molar-refractivity contribution in [2.75, 3.05) is 7.11 Å². The third kappa shape index (κ3) is 4.58. The van der Waals surface area contributed by atoms with Crippen molar-refractivity contribution < 1.29 is 23.8 Å². The smallest absolute Gasteiger partial charge is 0.337 e. The van der Waals surface area contributed by atoms with Crippen molar-refractivity contribution in [3.8, 4) is 11.5 Å². The van der Waals surface area contributed by atoms with Crippen LogP contribution in [0.1, 0.15) is 31.8 Å². The Morgan fingerprint density at radius 3 is 2.48 bits per heavy atom. The van der Waals surface area contributed by atoms with Gasteiger partial charge in [0.15, 0.2) is 5.76 Å². The van der Waals surface area contributed by atoms with E-state index in [1.807, 2.05) is 0 Å². The fraction of sp³-hybridized carbons (Fsp3) is 0.0833. The minimum Gasteiger partial charge on any atom is -0.489 e. The van der Waals surface area contributed by atoms with E-state index in [2.05, 4.69) is 4.74 Å². The zero-order valence-corrected chi connectivity index (χ0v) is 17.9. The minimum atomic E-state index is -0.391. The minimum absolute atomic E-state index is 0.198. The lowest BCUT2D eigenvalue weighted by atomic mass is 10.1. The highest BCUT2D eigenvalue weighted by atomic mass is 35.5. The zero-order valence-electron chi connectivity index (χ0n) is 16.4. The molecule has 31 heavy (non-hydrogen) atoms. The van der Waals surface area contributed by atoms with E-state index in [9.17, 15) is 9.59 Å². The van der Waals surface area contributed by atoms with Gasteiger partial charge < -0.3 is 14.2 Å². The molecule has 3 aromatic rings. The number of rotatable bonds is 5. The fourth-order valence-electron chi connectivity index (χ4n) is 3.03. The van der Waals surface area contributed by atoms with Crippen LogP contribution in [0.25, 0.3) is 6.08 Å². The lowest BCUT2D eigenvalue weighted by Crippen LogP contribution is -2.02. The van der Waals surface area contributed by atoms with Crippen molar-refractivity contribution >= 4 is 41.0 Å². The second-order valence-corrected chi connectivity index (χ2v) is 7.56. The quantitative estimate of drug-likeness (QED) is 0.350. The molecule has 0 aromatic heterocycles. The number of methoxy groups -OCH3 is 1. The number of allylic oxidation sites excluding steroid dienone is 1. The summed E-state index contributed by atoms with van der Waals surface area (Å²) in [6, 6.07) is 17.1. The molecule has 0 atom stereocenters. The number of fused-ring (bicyclic) bond motifs is 1. The number of Topliss-reactive ketones (excluding diaryl/α,β-unsaturated/α-hetero) is 1. The first-order valence-electron chi connectivity index (χ1n) is 9.28. The molecule has 0 fully saturated rings. The van der Waals surface area contributed by atoms with Crippen molar-refractivity contribution in [3.63, 3.8) is 0 Å². The van der Waals surface area contributed by atoms with E-state index in [-0.39, 0.29) is 11.5 Å². The molecule has 156 valence electrons. The maximum atomic E-state index is 12.6.